The Hall–Kier alpha value is -1.81. The maximum Gasteiger partial charge on any atom is 0.226 e. The molecule has 0 atom stereocenters. The zero-order chi connectivity index (χ0) is 15.2. The largest absolute Gasteiger partial charge is 0.385 e. The Morgan fingerprint density at radius 3 is 2.67 bits per heavy atom. The second-order valence-electron chi connectivity index (χ2n) is 5.05. The molecular weight excluding hydrogens is 328 g/mol. The smallest absolute Gasteiger partial charge is 0.226 e. The highest BCUT2D eigenvalue weighted by atomic mass is 79.9. The number of anilines is 2. The zero-order valence-electron chi connectivity index (χ0n) is 12.2. The minimum atomic E-state index is 0.0144. The summed E-state index contributed by atoms with van der Waals surface area (Å²) in [4.78, 5) is 11.9. The van der Waals surface area contributed by atoms with Gasteiger partial charge in [0.25, 0.3) is 0 Å². The van der Waals surface area contributed by atoms with Gasteiger partial charge in [-0.05, 0) is 55.3 Å². The Balaban J connectivity index is 1.82. The molecule has 21 heavy (non-hydrogen) atoms. The van der Waals surface area contributed by atoms with Crippen molar-refractivity contribution in [1.82, 2.24) is 0 Å². The van der Waals surface area contributed by atoms with E-state index in [1.54, 1.807) is 0 Å². The van der Waals surface area contributed by atoms with Gasteiger partial charge in [-0.3, -0.25) is 4.79 Å². The molecule has 3 nitrogen and oxygen atoms in total. The van der Waals surface area contributed by atoms with Crippen molar-refractivity contribution in [2.24, 2.45) is 0 Å². The molecule has 0 unspecified atom stereocenters. The van der Waals surface area contributed by atoms with Gasteiger partial charge in [0.2, 0.25) is 5.91 Å². The summed E-state index contributed by atoms with van der Waals surface area (Å²) in [6.07, 6.45) is 0.434. The van der Waals surface area contributed by atoms with Gasteiger partial charge in [0.15, 0.2) is 0 Å². The molecule has 0 spiro atoms. The van der Waals surface area contributed by atoms with Gasteiger partial charge >= 0.3 is 0 Å². The summed E-state index contributed by atoms with van der Waals surface area (Å²) in [5, 5.41) is 6.19. The summed E-state index contributed by atoms with van der Waals surface area (Å²) in [6, 6.07) is 13.9. The first kappa shape index (κ1) is 15.6. The van der Waals surface area contributed by atoms with Crippen molar-refractivity contribution in [3.05, 3.63) is 58.1 Å². The molecule has 2 rings (SSSR count). The van der Waals surface area contributed by atoms with E-state index in [-0.39, 0.29) is 5.91 Å². The first-order chi connectivity index (χ1) is 10.0. The average molecular weight is 347 g/mol. The van der Waals surface area contributed by atoms with E-state index < -0.39 is 0 Å². The number of rotatable bonds is 5. The van der Waals surface area contributed by atoms with E-state index in [4.69, 9.17) is 0 Å². The number of benzene rings is 2. The van der Waals surface area contributed by atoms with Crippen molar-refractivity contribution in [1.29, 1.82) is 0 Å². The van der Waals surface area contributed by atoms with Crippen molar-refractivity contribution >= 4 is 33.2 Å². The summed E-state index contributed by atoms with van der Waals surface area (Å²) in [5.74, 6) is 0.0144. The lowest BCUT2D eigenvalue weighted by molar-refractivity contribution is -0.115. The summed E-state index contributed by atoms with van der Waals surface area (Å²) in [5.41, 5.74) is 4.15. The fourth-order valence-electron chi connectivity index (χ4n) is 2.06. The van der Waals surface area contributed by atoms with Crippen molar-refractivity contribution < 1.29 is 4.79 Å². The van der Waals surface area contributed by atoms with Crippen LogP contribution in [0.1, 0.15) is 17.5 Å². The Kier molecular flexibility index (Phi) is 5.39. The Morgan fingerprint density at radius 1 is 1.14 bits per heavy atom. The highest BCUT2D eigenvalue weighted by Gasteiger charge is 2.05. The second kappa shape index (κ2) is 7.27. The van der Waals surface area contributed by atoms with E-state index in [0.29, 0.717) is 13.0 Å². The van der Waals surface area contributed by atoms with Crippen LogP contribution in [0.25, 0.3) is 0 Å². The fourth-order valence-corrected chi connectivity index (χ4v) is 2.53. The SMILES string of the molecule is Cc1cccc(NCCC(=O)Nc2ccc(Br)cc2C)c1. The van der Waals surface area contributed by atoms with Crippen LogP contribution >= 0.6 is 15.9 Å². The normalized spacial score (nSPS) is 10.2. The van der Waals surface area contributed by atoms with Crippen LogP contribution in [-0.2, 0) is 4.79 Å². The van der Waals surface area contributed by atoms with Crippen LogP contribution in [0, 0.1) is 13.8 Å². The van der Waals surface area contributed by atoms with Crippen molar-refractivity contribution in [3.8, 4) is 0 Å². The van der Waals surface area contributed by atoms with Crippen LogP contribution < -0.4 is 10.6 Å². The molecule has 2 aromatic carbocycles. The molecule has 0 fully saturated rings. The van der Waals surface area contributed by atoms with Crippen LogP contribution in [0.3, 0.4) is 0 Å². The average Bonchev–Trinajstić information content (AvgIpc) is 2.42. The number of carbonyl (C=O) groups excluding carboxylic acids is 1. The Morgan fingerprint density at radius 2 is 1.95 bits per heavy atom. The van der Waals surface area contributed by atoms with E-state index in [1.807, 2.05) is 50.2 Å². The lowest BCUT2D eigenvalue weighted by atomic mass is 10.2. The van der Waals surface area contributed by atoms with Crippen LogP contribution in [0.5, 0.6) is 0 Å². The molecule has 0 saturated heterocycles. The third-order valence-electron chi connectivity index (χ3n) is 3.16. The highest BCUT2D eigenvalue weighted by Crippen LogP contribution is 2.20. The topological polar surface area (TPSA) is 41.1 Å². The molecule has 4 heteroatoms. The van der Waals surface area contributed by atoms with E-state index in [9.17, 15) is 4.79 Å². The Bertz CT molecular complexity index is 640. The van der Waals surface area contributed by atoms with Crippen LogP contribution in [0.2, 0.25) is 0 Å². The number of hydrogen-bond donors (Lipinski definition) is 2. The number of amides is 1. The molecule has 0 bridgehead atoms. The monoisotopic (exact) mass is 346 g/mol. The van der Waals surface area contributed by atoms with Crippen LogP contribution in [0.15, 0.2) is 46.9 Å². The molecule has 2 aromatic rings. The van der Waals surface area contributed by atoms with Crippen molar-refractivity contribution in [3.63, 3.8) is 0 Å². The lowest BCUT2D eigenvalue weighted by Gasteiger charge is -2.10. The van der Waals surface area contributed by atoms with Gasteiger partial charge < -0.3 is 10.6 Å². The molecule has 0 saturated carbocycles. The van der Waals surface area contributed by atoms with E-state index in [2.05, 4.69) is 32.6 Å². The third kappa shape index (κ3) is 4.90. The van der Waals surface area contributed by atoms with Gasteiger partial charge in [0.1, 0.15) is 0 Å². The second-order valence-corrected chi connectivity index (χ2v) is 5.97. The van der Waals surface area contributed by atoms with E-state index in [0.717, 1.165) is 21.4 Å². The van der Waals surface area contributed by atoms with Crippen LogP contribution in [-0.4, -0.2) is 12.5 Å². The maximum absolute atomic E-state index is 11.9. The molecule has 0 aromatic heterocycles. The van der Waals surface area contributed by atoms with Crippen molar-refractivity contribution in [2.75, 3.05) is 17.2 Å². The quantitative estimate of drug-likeness (QED) is 0.836. The molecule has 0 radical (unpaired) electrons. The Labute approximate surface area is 133 Å². The molecule has 0 aliphatic carbocycles. The minimum Gasteiger partial charge on any atom is -0.385 e. The highest BCUT2D eigenvalue weighted by molar-refractivity contribution is 9.10. The van der Waals surface area contributed by atoms with Gasteiger partial charge in [-0.25, -0.2) is 0 Å². The van der Waals surface area contributed by atoms with Gasteiger partial charge in [-0.15, -0.1) is 0 Å². The van der Waals surface area contributed by atoms with Crippen molar-refractivity contribution in [2.45, 2.75) is 20.3 Å². The number of halogens is 1. The molecule has 0 heterocycles. The predicted octanol–water partition coefficient (Wildman–Crippen LogP) is 4.51. The summed E-state index contributed by atoms with van der Waals surface area (Å²) in [7, 11) is 0. The van der Waals surface area contributed by atoms with Gasteiger partial charge in [0.05, 0.1) is 0 Å². The summed E-state index contributed by atoms with van der Waals surface area (Å²) < 4.78 is 1.01. The standard InChI is InChI=1S/C17H19BrN2O/c1-12-4-3-5-15(10-12)19-9-8-17(21)20-16-7-6-14(18)11-13(16)2/h3-7,10-11,19H,8-9H2,1-2H3,(H,20,21). The zero-order valence-corrected chi connectivity index (χ0v) is 13.8. The van der Waals surface area contributed by atoms with E-state index >= 15 is 0 Å². The lowest BCUT2D eigenvalue weighted by Crippen LogP contribution is -2.16. The fraction of sp³-hybridized carbons (Fsp3) is 0.235. The van der Waals surface area contributed by atoms with E-state index in [1.165, 1.54) is 5.56 Å². The molecule has 0 aliphatic heterocycles. The summed E-state index contributed by atoms with van der Waals surface area (Å²) >= 11 is 3.41. The first-order valence-electron chi connectivity index (χ1n) is 6.91. The van der Waals surface area contributed by atoms with Gasteiger partial charge in [0, 0.05) is 28.8 Å². The van der Waals surface area contributed by atoms with Gasteiger partial charge in [-0.2, -0.15) is 0 Å². The third-order valence-corrected chi connectivity index (χ3v) is 3.66. The number of aryl methyl sites for hydroxylation is 2. The predicted molar refractivity (Wildman–Crippen MR) is 91.8 cm³/mol. The number of hydrogen-bond acceptors (Lipinski definition) is 2. The minimum absolute atomic E-state index is 0.0144. The summed E-state index contributed by atoms with van der Waals surface area (Å²) in [6.45, 7) is 4.64. The molecule has 110 valence electrons. The molecule has 1 amide bonds. The molecule has 0 aliphatic rings. The number of nitrogens with one attached hydrogen (secondary N) is 2. The molecular formula is C17H19BrN2O. The van der Waals surface area contributed by atoms with Gasteiger partial charge in [-0.1, -0.05) is 28.1 Å². The maximum atomic E-state index is 11.9. The first-order valence-corrected chi connectivity index (χ1v) is 7.70. The molecule has 2 N–H and O–H groups in total. The number of carbonyl (C=O) groups is 1. The van der Waals surface area contributed by atoms with Crippen LogP contribution in [0.4, 0.5) is 11.4 Å².